The first-order valence-electron chi connectivity index (χ1n) is 6.08. The van der Waals surface area contributed by atoms with Crippen LogP contribution < -0.4 is 10.1 Å². The summed E-state index contributed by atoms with van der Waals surface area (Å²) in [5.74, 6) is 0.557. The van der Waals surface area contributed by atoms with E-state index in [1.807, 2.05) is 6.92 Å². The van der Waals surface area contributed by atoms with Gasteiger partial charge in [-0.05, 0) is 46.7 Å². The van der Waals surface area contributed by atoms with Crippen molar-refractivity contribution < 1.29 is 9.13 Å². The van der Waals surface area contributed by atoms with Gasteiger partial charge in [0.2, 0.25) is 5.88 Å². The molecule has 0 saturated carbocycles. The van der Waals surface area contributed by atoms with Crippen LogP contribution >= 0.6 is 27.5 Å². The average Bonchev–Trinajstić information content (AvgIpc) is 2.41. The van der Waals surface area contributed by atoms with Gasteiger partial charge in [0.15, 0.2) is 0 Å². The molecule has 0 atom stereocenters. The summed E-state index contributed by atoms with van der Waals surface area (Å²) < 4.78 is 19.7. The highest BCUT2D eigenvalue weighted by atomic mass is 79.9. The Kier molecular flexibility index (Phi) is 5.34. The van der Waals surface area contributed by atoms with E-state index in [4.69, 9.17) is 16.3 Å². The van der Waals surface area contributed by atoms with E-state index in [0.29, 0.717) is 33.2 Å². The highest BCUT2D eigenvalue weighted by Gasteiger charge is 2.10. The molecule has 0 bridgehead atoms. The van der Waals surface area contributed by atoms with Crippen LogP contribution in [0.5, 0.6) is 11.6 Å². The molecule has 0 saturated heterocycles. The zero-order chi connectivity index (χ0) is 14.5. The monoisotopic (exact) mass is 358 g/mol. The number of hydrogen-bond acceptors (Lipinski definition) is 3. The smallest absolute Gasteiger partial charge is 0.223 e. The number of nitrogens with one attached hydrogen (secondary N) is 1. The molecule has 0 aliphatic rings. The molecule has 1 aromatic carbocycles. The Morgan fingerprint density at radius 3 is 2.90 bits per heavy atom. The minimum absolute atomic E-state index is 0.371. The second-order valence-electron chi connectivity index (χ2n) is 4.07. The maximum absolute atomic E-state index is 13.3. The summed E-state index contributed by atoms with van der Waals surface area (Å²) >= 11 is 9.25. The predicted molar refractivity (Wildman–Crippen MR) is 80.8 cm³/mol. The fourth-order valence-electron chi connectivity index (χ4n) is 1.61. The van der Waals surface area contributed by atoms with E-state index in [2.05, 4.69) is 26.2 Å². The van der Waals surface area contributed by atoms with Crippen molar-refractivity contribution in [1.29, 1.82) is 0 Å². The zero-order valence-electron chi connectivity index (χ0n) is 10.8. The van der Waals surface area contributed by atoms with E-state index in [0.717, 1.165) is 12.7 Å². The SMILES string of the molecule is CCNCc1cc(F)cnc1Oc1ccc(Cl)cc1Br. The van der Waals surface area contributed by atoms with Crippen molar-refractivity contribution in [2.24, 2.45) is 0 Å². The number of aromatic nitrogens is 1. The summed E-state index contributed by atoms with van der Waals surface area (Å²) in [5, 5.41) is 3.72. The topological polar surface area (TPSA) is 34.2 Å². The molecular weight excluding hydrogens is 347 g/mol. The Morgan fingerprint density at radius 1 is 1.40 bits per heavy atom. The van der Waals surface area contributed by atoms with Crippen molar-refractivity contribution in [1.82, 2.24) is 10.3 Å². The molecule has 1 N–H and O–H groups in total. The highest BCUT2D eigenvalue weighted by molar-refractivity contribution is 9.10. The van der Waals surface area contributed by atoms with E-state index in [-0.39, 0.29) is 5.82 Å². The Bertz CT molecular complexity index is 610. The van der Waals surface area contributed by atoms with Crippen molar-refractivity contribution in [3.8, 4) is 11.6 Å². The molecule has 2 aromatic rings. The van der Waals surface area contributed by atoms with Gasteiger partial charge in [0.25, 0.3) is 0 Å². The molecule has 2 rings (SSSR count). The molecule has 20 heavy (non-hydrogen) atoms. The maximum Gasteiger partial charge on any atom is 0.223 e. The van der Waals surface area contributed by atoms with Crippen molar-refractivity contribution in [2.75, 3.05) is 6.54 Å². The van der Waals surface area contributed by atoms with Gasteiger partial charge in [-0.25, -0.2) is 9.37 Å². The summed E-state index contributed by atoms with van der Waals surface area (Å²) in [4.78, 5) is 4.00. The third kappa shape index (κ3) is 3.91. The molecule has 1 heterocycles. The lowest BCUT2D eigenvalue weighted by molar-refractivity contribution is 0.446. The van der Waals surface area contributed by atoms with Crippen molar-refractivity contribution in [3.63, 3.8) is 0 Å². The zero-order valence-corrected chi connectivity index (χ0v) is 13.1. The van der Waals surface area contributed by atoms with Crippen LogP contribution in [0.4, 0.5) is 4.39 Å². The van der Waals surface area contributed by atoms with Crippen molar-refractivity contribution in [3.05, 3.63) is 51.3 Å². The van der Waals surface area contributed by atoms with Crippen LogP contribution in [0.25, 0.3) is 0 Å². The molecule has 0 aliphatic heterocycles. The molecule has 0 fully saturated rings. The summed E-state index contributed by atoms with van der Waals surface area (Å²) in [6, 6.07) is 6.59. The van der Waals surface area contributed by atoms with Crippen molar-refractivity contribution in [2.45, 2.75) is 13.5 Å². The molecule has 6 heteroatoms. The quantitative estimate of drug-likeness (QED) is 0.851. The van der Waals surface area contributed by atoms with Crippen LogP contribution in [0.15, 0.2) is 34.9 Å². The molecule has 0 spiro atoms. The van der Waals surface area contributed by atoms with Gasteiger partial charge in [0, 0.05) is 17.1 Å². The summed E-state index contributed by atoms with van der Waals surface area (Å²) in [7, 11) is 0. The number of hydrogen-bond donors (Lipinski definition) is 1. The van der Waals surface area contributed by atoms with Crippen molar-refractivity contribution >= 4 is 27.5 Å². The fraction of sp³-hybridized carbons (Fsp3) is 0.214. The van der Waals surface area contributed by atoms with E-state index in [9.17, 15) is 4.39 Å². The first-order valence-corrected chi connectivity index (χ1v) is 7.25. The molecule has 106 valence electrons. The number of nitrogens with zero attached hydrogens (tertiary/aromatic N) is 1. The third-order valence-electron chi connectivity index (χ3n) is 2.56. The van der Waals surface area contributed by atoms with Gasteiger partial charge in [-0.3, -0.25) is 0 Å². The van der Waals surface area contributed by atoms with Gasteiger partial charge in [0.05, 0.1) is 10.7 Å². The van der Waals surface area contributed by atoms with E-state index < -0.39 is 0 Å². The van der Waals surface area contributed by atoms with Crippen LogP contribution in [0, 0.1) is 5.82 Å². The lowest BCUT2D eigenvalue weighted by Gasteiger charge is -2.11. The second-order valence-corrected chi connectivity index (χ2v) is 5.37. The number of rotatable bonds is 5. The van der Waals surface area contributed by atoms with Crippen LogP contribution in [-0.2, 0) is 6.54 Å². The van der Waals surface area contributed by atoms with Gasteiger partial charge in [-0.1, -0.05) is 18.5 Å². The summed E-state index contributed by atoms with van der Waals surface area (Å²) in [6.45, 7) is 3.24. The standard InChI is InChI=1S/C14H13BrClFN2O/c1-2-18-7-9-5-11(17)8-19-14(9)20-13-4-3-10(16)6-12(13)15/h3-6,8,18H,2,7H2,1H3. The molecule has 3 nitrogen and oxygen atoms in total. The van der Waals surface area contributed by atoms with Gasteiger partial charge >= 0.3 is 0 Å². The van der Waals surface area contributed by atoms with E-state index in [1.165, 1.54) is 6.07 Å². The van der Waals surface area contributed by atoms with Gasteiger partial charge in [-0.15, -0.1) is 0 Å². The lowest BCUT2D eigenvalue weighted by Crippen LogP contribution is -2.13. The lowest BCUT2D eigenvalue weighted by atomic mass is 10.2. The van der Waals surface area contributed by atoms with E-state index >= 15 is 0 Å². The number of pyridine rings is 1. The van der Waals surface area contributed by atoms with Gasteiger partial charge < -0.3 is 10.1 Å². The fourth-order valence-corrected chi connectivity index (χ4v) is 2.37. The number of ether oxygens (including phenoxy) is 1. The van der Waals surface area contributed by atoms with E-state index in [1.54, 1.807) is 18.2 Å². The van der Waals surface area contributed by atoms with Crippen LogP contribution in [-0.4, -0.2) is 11.5 Å². The highest BCUT2D eigenvalue weighted by Crippen LogP contribution is 2.32. The molecule has 0 aliphatic carbocycles. The molecule has 1 aromatic heterocycles. The number of benzene rings is 1. The Morgan fingerprint density at radius 2 is 2.20 bits per heavy atom. The Balaban J connectivity index is 2.27. The maximum atomic E-state index is 13.3. The molecule has 0 unspecified atom stereocenters. The number of halogens is 3. The predicted octanol–water partition coefficient (Wildman–Crippen LogP) is 4.54. The van der Waals surface area contributed by atoms with Crippen LogP contribution in [0.2, 0.25) is 5.02 Å². The third-order valence-corrected chi connectivity index (χ3v) is 3.41. The molecule has 0 amide bonds. The second kappa shape index (κ2) is 7.02. The molecular formula is C14H13BrClFN2O. The largest absolute Gasteiger partial charge is 0.438 e. The van der Waals surface area contributed by atoms with Crippen LogP contribution in [0.3, 0.4) is 0 Å². The Hall–Kier alpha value is -1.17. The normalized spacial score (nSPS) is 10.6. The first-order chi connectivity index (χ1) is 9.60. The molecule has 0 radical (unpaired) electrons. The first kappa shape index (κ1) is 15.2. The minimum atomic E-state index is -0.388. The summed E-state index contributed by atoms with van der Waals surface area (Å²) in [5.41, 5.74) is 0.661. The average molecular weight is 360 g/mol. The summed E-state index contributed by atoms with van der Waals surface area (Å²) in [6.07, 6.45) is 1.13. The van der Waals surface area contributed by atoms with Gasteiger partial charge in [-0.2, -0.15) is 0 Å². The Labute approximate surface area is 130 Å². The van der Waals surface area contributed by atoms with Gasteiger partial charge in [0.1, 0.15) is 11.6 Å². The van der Waals surface area contributed by atoms with Crippen LogP contribution in [0.1, 0.15) is 12.5 Å². The minimum Gasteiger partial charge on any atom is -0.438 e.